The first-order valence-electron chi connectivity index (χ1n) is 4.68. The zero-order valence-corrected chi connectivity index (χ0v) is 5.98. The van der Waals surface area contributed by atoms with Crippen LogP contribution >= 0.6 is 0 Å². The lowest BCUT2D eigenvalue weighted by atomic mass is 10.1. The molecule has 0 rings (SSSR count). The Hall–Kier alpha value is 0. The average molecular weight is 116 g/mol. The van der Waals surface area contributed by atoms with Gasteiger partial charge >= 0.3 is 0 Å². The van der Waals surface area contributed by atoms with Crippen LogP contribution in [-0.4, -0.2) is 0 Å². The van der Waals surface area contributed by atoms with Gasteiger partial charge in [-0.25, -0.2) is 0 Å². The zero-order chi connectivity index (χ0) is 7.98. The topological polar surface area (TPSA) is 0 Å². The predicted molar refractivity (Wildman–Crippen MR) is 39.1 cm³/mol. The van der Waals surface area contributed by atoms with E-state index in [1.807, 2.05) is 0 Å². The first-order chi connectivity index (χ1) is 4.68. The lowest BCUT2D eigenvalue weighted by Gasteiger charge is -1.93. The van der Waals surface area contributed by atoms with Crippen molar-refractivity contribution in [1.82, 2.24) is 0 Å². The number of rotatable bonds is 5. The average Bonchev–Trinajstić information content (AvgIpc) is 1.88. The van der Waals surface area contributed by atoms with E-state index in [4.69, 9.17) is 2.74 Å². The molecule has 0 spiro atoms. The molecule has 8 heavy (non-hydrogen) atoms. The van der Waals surface area contributed by atoms with Crippen molar-refractivity contribution in [3.05, 3.63) is 0 Å². The van der Waals surface area contributed by atoms with Gasteiger partial charge in [0, 0.05) is 2.74 Å². The molecule has 0 N–H and O–H groups in total. The molecule has 50 valence electrons. The molecule has 2 unspecified atom stereocenters. The maximum Gasteiger partial charge on any atom is 0.0266 e. The molecule has 0 radical (unpaired) electrons. The van der Waals surface area contributed by atoms with E-state index in [2.05, 4.69) is 6.92 Å². The van der Waals surface area contributed by atoms with Crippen molar-refractivity contribution in [3.63, 3.8) is 0 Å². The number of hydrogen-bond acceptors (Lipinski definition) is 0. The Morgan fingerprint density at radius 2 is 1.88 bits per heavy atom. The van der Waals surface area contributed by atoms with E-state index in [0.717, 1.165) is 12.8 Å². The summed E-state index contributed by atoms with van der Waals surface area (Å²) >= 11 is 0. The quantitative estimate of drug-likeness (QED) is 0.483. The number of unbranched alkanes of at least 4 members (excludes halogenated alkanes) is 2. The van der Waals surface area contributed by atoms with E-state index in [9.17, 15) is 0 Å². The fraction of sp³-hybridized carbons (Fsp3) is 1.00. The van der Waals surface area contributed by atoms with Gasteiger partial charge in [-0.05, 0) is 0 Å². The maximum atomic E-state index is 7.42. The molecule has 0 nitrogen and oxygen atoms in total. The Labute approximate surface area is 56.1 Å². The lowest BCUT2D eigenvalue weighted by molar-refractivity contribution is 0.624. The summed E-state index contributed by atoms with van der Waals surface area (Å²) in [6.45, 7) is 3.95. The standard InChI is InChI=1S/C8H18/c1-3-5-7-8-6-4-2/h3-8H2,1-2H3/i3D,5D. The van der Waals surface area contributed by atoms with Gasteiger partial charge in [-0.15, -0.1) is 0 Å². The van der Waals surface area contributed by atoms with Crippen molar-refractivity contribution in [2.24, 2.45) is 0 Å². The first kappa shape index (κ1) is 4.84. The Bertz CT molecular complexity index is 71.7. The van der Waals surface area contributed by atoms with Gasteiger partial charge in [0.05, 0.1) is 0 Å². The zero-order valence-electron chi connectivity index (χ0n) is 7.98. The number of hydrogen-bond donors (Lipinski definition) is 0. The van der Waals surface area contributed by atoms with Gasteiger partial charge in [-0.3, -0.25) is 0 Å². The molecular weight excluding hydrogens is 96.1 g/mol. The summed E-state index contributed by atoms with van der Waals surface area (Å²) in [5.74, 6) is 0. The van der Waals surface area contributed by atoms with Gasteiger partial charge in [-0.2, -0.15) is 0 Å². The largest absolute Gasteiger partial charge is 0.0654 e. The molecule has 0 saturated heterocycles. The second kappa shape index (κ2) is 7.00. The molecule has 0 aliphatic carbocycles. The van der Waals surface area contributed by atoms with E-state index in [0.29, 0.717) is 0 Å². The third-order valence-corrected chi connectivity index (χ3v) is 1.21. The molecule has 0 amide bonds. The van der Waals surface area contributed by atoms with Crippen LogP contribution in [0, 0.1) is 0 Å². The maximum absolute atomic E-state index is 7.42. The summed E-state index contributed by atoms with van der Waals surface area (Å²) in [6.07, 6.45) is 4.07. The fourth-order valence-corrected chi connectivity index (χ4v) is 0.679. The summed E-state index contributed by atoms with van der Waals surface area (Å²) < 4.78 is 14.6. The lowest BCUT2D eigenvalue weighted by Crippen LogP contribution is -1.73. The predicted octanol–water partition coefficient (Wildman–Crippen LogP) is 3.37. The van der Waals surface area contributed by atoms with Crippen LogP contribution in [0.2, 0.25) is 0 Å². The van der Waals surface area contributed by atoms with Crippen molar-refractivity contribution in [2.75, 3.05) is 0 Å². The Morgan fingerprint density at radius 3 is 2.38 bits per heavy atom. The minimum Gasteiger partial charge on any atom is -0.0654 e. The van der Waals surface area contributed by atoms with Crippen LogP contribution in [0.25, 0.3) is 0 Å². The molecule has 0 aliphatic heterocycles. The SMILES string of the molecule is [2H]C(C)C([2H])CCCCC. The van der Waals surface area contributed by atoms with Crippen LogP contribution in [0.15, 0.2) is 0 Å². The molecule has 0 bridgehead atoms. The highest BCUT2D eigenvalue weighted by Crippen LogP contribution is 2.03. The Morgan fingerprint density at radius 1 is 1.12 bits per heavy atom. The molecule has 0 fully saturated rings. The van der Waals surface area contributed by atoms with Crippen LogP contribution in [-0.2, 0) is 0 Å². The Balaban J connectivity index is 3.13. The molecule has 0 aromatic rings. The Kier molecular flexibility index (Phi) is 4.23. The molecule has 2 atom stereocenters. The second-order valence-corrected chi connectivity index (χ2v) is 2.06. The molecule has 0 saturated carbocycles. The van der Waals surface area contributed by atoms with Crippen molar-refractivity contribution < 1.29 is 2.74 Å². The minimum atomic E-state index is -0.211. The van der Waals surface area contributed by atoms with Crippen LogP contribution < -0.4 is 0 Å². The molecule has 0 heterocycles. The summed E-state index contributed by atoms with van der Waals surface area (Å²) in [6, 6.07) is 0. The van der Waals surface area contributed by atoms with Crippen molar-refractivity contribution in [2.45, 2.75) is 52.3 Å². The molecule has 0 aliphatic rings. The highest BCUT2D eigenvalue weighted by molar-refractivity contribution is 4.39. The monoisotopic (exact) mass is 116 g/mol. The minimum absolute atomic E-state index is 0.161. The second-order valence-electron chi connectivity index (χ2n) is 2.06. The highest BCUT2D eigenvalue weighted by Gasteiger charge is 1.83. The van der Waals surface area contributed by atoms with Gasteiger partial charge in [0.1, 0.15) is 0 Å². The summed E-state index contributed by atoms with van der Waals surface area (Å²) in [5, 5.41) is 0. The summed E-state index contributed by atoms with van der Waals surface area (Å²) in [7, 11) is 0. The highest BCUT2D eigenvalue weighted by atomic mass is 13.9. The van der Waals surface area contributed by atoms with Crippen molar-refractivity contribution in [1.29, 1.82) is 0 Å². The van der Waals surface area contributed by atoms with E-state index < -0.39 is 0 Å². The molecule has 0 heteroatoms. The van der Waals surface area contributed by atoms with E-state index in [1.54, 1.807) is 6.92 Å². The van der Waals surface area contributed by atoms with Gasteiger partial charge in [0.25, 0.3) is 0 Å². The van der Waals surface area contributed by atoms with E-state index in [-0.39, 0.29) is 12.8 Å². The summed E-state index contributed by atoms with van der Waals surface area (Å²) in [4.78, 5) is 0. The summed E-state index contributed by atoms with van der Waals surface area (Å²) in [5.41, 5.74) is 0. The third kappa shape index (κ3) is 6.00. The van der Waals surface area contributed by atoms with Gasteiger partial charge in [0.2, 0.25) is 0 Å². The van der Waals surface area contributed by atoms with Crippen LogP contribution in [0.5, 0.6) is 0 Å². The first-order valence-corrected chi connectivity index (χ1v) is 3.53. The molecule has 0 aromatic heterocycles. The molecule has 0 aromatic carbocycles. The van der Waals surface area contributed by atoms with Crippen LogP contribution in [0.1, 0.15) is 55.1 Å². The van der Waals surface area contributed by atoms with Gasteiger partial charge in [0.15, 0.2) is 0 Å². The third-order valence-electron chi connectivity index (χ3n) is 1.21. The van der Waals surface area contributed by atoms with E-state index in [1.165, 1.54) is 12.8 Å². The van der Waals surface area contributed by atoms with Gasteiger partial charge < -0.3 is 0 Å². The van der Waals surface area contributed by atoms with Crippen LogP contribution in [0.3, 0.4) is 0 Å². The van der Waals surface area contributed by atoms with Crippen LogP contribution in [0.4, 0.5) is 0 Å². The van der Waals surface area contributed by atoms with E-state index >= 15 is 0 Å². The smallest absolute Gasteiger partial charge is 0.0266 e. The fourth-order valence-electron chi connectivity index (χ4n) is 0.679. The van der Waals surface area contributed by atoms with Crippen molar-refractivity contribution in [3.8, 4) is 0 Å². The van der Waals surface area contributed by atoms with Crippen molar-refractivity contribution >= 4 is 0 Å². The normalized spacial score (nSPS) is 21.2. The van der Waals surface area contributed by atoms with Gasteiger partial charge in [-0.1, -0.05) is 52.3 Å². The molecular formula is C8H18.